The molecule has 2 rings (SSSR count). The number of carbonyl (C=O) groups excluding carboxylic acids is 1. The maximum absolute atomic E-state index is 12.3. The Morgan fingerprint density at radius 2 is 2.22 bits per heavy atom. The second-order valence-electron chi connectivity index (χ2n) is 5.16. The zero-order valence-corrected chi connectivity index (χ0v) is 11.8. The summed E-state index contributed by atoms with van der Waals surface area (Å²) in [6.07, 6.45) is 1.69. The van der Waals surface area contributed by atoms with Crippen molar-refractivity contribution < 1.29 is 9.90 Å². The number of carbonyl (C=O) groups is 1. The van der Waals surface area contributed by atoms with Gasteiger partial charge in [-0.1, -0.05) is 23.2 Å². The first-order valence-electron chi connectivity index (χ1n) is 5.88. The van der Waals surface area contributed by atoms with E-state index in [2.05, 4.69) is 4.98 Å². The minimum absolute atomic E-state index is 0.173. The summed E-state index contributed by atoms with van der Waals surface area (Å²) >= 11 is 11.6. The van der Waals surface area contributed by atoms with Crippen molar-refractivity contribution in [2.24, 2.45) is 0 Å². The molecule has 0 aliphatic carbocycles. The van der Waals surface area contributed by atoms with E-state index in [-0.39, 0.29) is 17.1 Å². The first kappa shape index (κ1) is 13.7. The fourth-order valence-electron chi connectivity index (χ4n) is 2.42. The number of likely N-dealkylation sites (tertiary alicyclic amines) is 1. The minimum Gasteiger partial charge on any atom is -0.388 e. The molecule has 18 heavy (non-hydrogen) atoms. The second-order valence-corrected chi connectivity index (χ2v) is 5.94. The van der Waals surface area contributed by atoms with Gasteiger partial charge in [-0.05, 0) is 32.8 Å². The van der Waals surface area contributed by atoms with E-state index in [4.69, 9.17) is 23.2 Å². The van der Waals surface area contributed by atoms with Crippen LogP contribution in [0.5, 0.6) is 0 Å². The number of H-pyrrole nitrogens is 1. The van der Waals surface area contributed by atoms with Gasteiger partial charge in [-0.2, -0.15) is 0 Å². The summed E-state index contributed by atoms with van der Waals surface area (Å²) in [5, 5.41) is 10.7. The fraction of sp³-hybridized carbons (Fsp3) is 0.583. The second kappa shape index (κ2) is 4.76. The van der Waals surface area contributed by atoms with Crippen LogP contribution in [0.4, 0.5) is 0 Å². The number of nitrogens with one attached hydrogen (secondary N) is 1. The van der Waals surface area contributed by atoms with Gasteiger partial charge in [0.05, 0.1) is 16.7 Å². The summed E-state index contributed by atoms with van der Waals surface area (Å²) < 4.78 is 0. The number of amides is 1. The smallest absolute Gasteiger partial charge is 0.270 e. The molecule has 1 amide bonds. The lowest BCUT2D eigenvalue weighted by Crippen LogP contribution is -2.48. The summed E-state index contributed by atoms with van der Waals surface area (Å²) in [6.45, 7) is 4.08. The molecule has 1 aliphatic heterocycles. The summed E-state index contributed by atoms with van der Waals surface area (Å²) in [5.41, 5.74) is -0.548. The molecule has 4 nitrogen and oxygen atoms in total. The van der Waals surface area contributed by atoms with Crippen molar-refractivity contribution in [1.82, 2.24) is 9.88 Å². The van der Waals surface area contributed by atoms with Crippen LogP contribution in [0.15, 0.2) is 6.07 Å². The summed E-state index contributed by atoms with van der Waals surface area (Å²) in [4.78, 5) is 16.8. The maximum atomic E-state index is 12.3. The summed E-state index contributed by atoms with van der Waals surface area (Å²) in [5.74, 6) is -0.173. The molecule has 0 radical (unpaired) electrons. The predicted molar refractivity (Wildman–Crippen MR) is 71.2 cm³/mol. The average molecular weight is 291 g/mol. The van der Waals surface area contributed by atoms with Gasteiger partial charge in [0.1, 0.15) is 10.8 Å². The average Bonchev–Trinajstić information content (AvgIpc) is 2.84. The van der Waals surface area contributed by atoms with Gasteiger partial charge in [0, 0.05) is 6.54 Å². The van der Waals surface area contributed by atoms with Gasteiger partial charge in [-0.15, -0.1) is 0 Å². The molecule has 1 aromatic rings. The number of hydrogen-bond acceptors (Lipinski definition) is 2. The normalized spacial score (nSPS) is 20.5. The quantitative estimate of drug-likeness (QED) is 0.880. The van der Waals surface area contributed by atoms with Crippen LogP contribution in [-0.2, 0) is 0 Å². The van der Waals surface area contributed by atoms with Crippen LogP contribution in [0.1, 0.15) is 37.2 Å². The van der Waals surface area contributed by atoms with E-state index in [1.807, 2.05) is 0 Å². The molecule has 1 fully saturated rings. The SMILES string of the molecule is CC(C)(O)C1CCCN1C(=O)c1cc(Cl)c(Cl)[nH]1. The van der Waals surface area contributed by atoms with Gasteiger partial charge in [0.2, 0.25) is 0 Å². The zero-order valence-electron chi connectivity index (χ0n) is 10.3. The molecule has 1 unspecified atom stereocenters. The Balaban J connectivity index is 2.23. The summed E-state index contributed by atoms with van der Waals surface area (Å²) in [6, 6.07) is 1.34. The fourth-order valence-corrected chi connectivity index (χ4v) is 2.73. The number of aromatic amines is 1. The first-order valence-corrected chi connectivity index (χ1v) is 6.63. The lowest BCUT2D eigenvalue weighted by Gasteiger charge is -2.33. The third kappa shape index (κ3) is 2.51. The highest BCUT2D eigenvalue weighted by Gasteiger charge is 2.39. The number of aromatic nitrogens is 1. The van der Waals surface area contributed by atoms with Crippen LogP contribution < -0.4 is 0 Å². The Kier molecular flexibility index (Phi) is 3.63. The number of hydrogen-bond donors (Lipinski definition) is 2. The van der Waals surface area contributed by atoms with Gasteiger partial charge in [0.15, 0.2) is 0 Å². The topological polar surface area (TPSA) is 56.3 Å². The number of rotatable bonds is 2. The molecule has 100 valence electrons. The summed E-state index contributed by atoms with van der Waals surface area (Å²) in [7, 11) is 0. The van der Waals surface area contributed by atoms with Crippen molar-refractivity contribution in [2.45, 2.75) is 38.3 Å². The van der Waals surface area contributed by atoms with Gasteiger partial charge in [0.25, 0.3) is 5.91 Å². The molecule has 1 saturated heterocycles. The Labute approximate surface area is 116 Å². The molecular weight excluding hydrogens is 275 g/mol. The van der Waals surface area contributed by atoms with Crippen LogP contribution in [0.2, 0.25) is 10.2 Å². The van der Waals surface area contributed by atoms with Crippen molar-refractivity contribution in [1.29, 1.82) is 0 Å². The molecule has 1 atom stereocenters. The molecule has 0 bridgehead atoms. The van der Waals surface area contributed by atoms with Gasteiger partial charge < -0.3 is 15.0 Å². The van der Waals surface area contributed by atoms with Gasteiger partial charge in [-0.25, -0.2) is 0 Å². The lowest BCUT2D eigenvalue weighted by atomic mass is 9.96. The van der Waals surface area contributed by atoms with Gasteiger partial charge in [-0.3, -0.25) is 4.79 Å². The van der Waals surface area contributed by atoms with Gasteiger partial charge >= 0.3 is 0 Å². The monoisotopic (exact) mass is 290 g/mol. The van der Waals surface area contributed by atoms with E-state index >= 15 is 0 Å². The third-order valence-corrected chi connectivity index (χ3v) is 3.98. The Hall–Kier alpha value is -0.710. The zero-order chi connectivity index (χ0) is 13.5. The highest BCUT2D eigenvalue weighted by Crippen LogP contribution is 2.29. The highest BCUT2D eigenvalue weighted by atomic mass is 35.5. The van der Waals surface area contributed by atoms with Crippen molar-refractivity contribution in [2.75, 3.05) is 6.54 Å². The number of halogens is 2. The van der Waals surface area contributed by atoms with E-state index in [1.54, 1.807) is 18.7 Å². The maximum Gasteiger partial charge on any atom is 0.270 e. The molecule has 0 saturated carbocycles. The van der Waals surface area contributed by atoms with E-state index < -0.39 is 5.60 Å². The van der Waals surface area contributed by atoms with E-state index in [9.17, 15) is 9.90 Å². The molecule has 1 aromatic heterocycles. The molecule has 6 heteroatoms. The predicted octanol–water partition coefficient (Wildman–Crippen LogP) is 2.70. The minimum atomic E-state index is -0.910. The molecular formula is C12H16Cl2N2O2. The van der Waals surface area contributed by atoms with Crippen LogP contribution in [0, 0.1) is 0 Å². The van der Waals surface area contributed by atoms with Crippen LogP contribution in [0.25, 0.3) is 0 Å². The van der Waals surface area contributed by atoms with Crippen molar-refractivity contribution >= 4 is 29.1 Å². The largest absolute Gasteiger partial charge is 0.388 e. The molecule has 1 aliphatic rings. The van der Waals surface area contributed by atoms with Crippen molar-refractivity contribution in [3.8, 4) is 0 Å². The van der Waals surface area contributed by atoms with Crippen LogP contribution in [0.3, 0.4) is 0 Å². The molecule has 2 heterocycles. The van der Waals surface area contributed by atoms with E-state index in [0.29, 0.717) is 17.3 Å². The Bertz CT molecular complexity index is 446. The Morgan fingerprint density at radius 3 is 2.72 bits per heavy atom. The third-order valence-electron chi connectivity index (χ3n) is 3.28. The van der Waals surface area contributed by atoms with Crippen molar-refractivity contribution in [3.63, 3.8) is 0 Å². The first-order chi connectivity index (χ1) is 8.30. The van der Waals surface area contributed by atoms with E-state index in [1.165, 1.54) is 6.07 Å². The number of nitrogens with zero attached hydrogens (tertiary/aromatic N) is 1. The lowest BCUT2D eigenvalue weighted by molar-refractivity contribution is 0.000146. The van der Waals surface area contributed by atoms with E-state index in [0.717, 1.165) is 12.8 Å². The van der Waals surface area contributed by atoms with Crippen molar-refractivity contribution in [3.05, 3.63) is 21.9 Å². The molecule has 2 N–H and O–H groups in total. The van der Waals surface area contributed by atoms with Crippen LogP contribution >= 0.6 is 23.2 Å². The standard InChI is InChI=1S/C12H16Cl2N2O2/c1-12(2,18)9-4-3-5-16(9)11(17)8-6-7(13)10(14)15-8/h6,9,15,18H,3-5H2,1-2H3. The molecule has 0 spiro atoms. The number of aliphatic hydroxyl groups is 1. The highest BCUT2D eigenvalue weighted by molar-refractivity contribution is 6.41. The van der Waals surface area contributed by atoms with Crippen LogP contribution in [-0.4, -0.2) is 39.1 Å². The Morgan fingerprint density at radius 1 is 1.56 bits per heavy atom. The molecule has 0 aromatic carbocycles.